The van der Waals surface area contributed by atoms with Crippen molar-refractivity contribution in [3.05, 3.63) is 35.1 Å². The normalized spacial score (nSPS) is 11.3. The van der Waals surface area contributed by atoms with E-state index in [1.165, 1.54) is 0 Å². The fourth-order valence-electron chi connectivity index (χ4n) is 1.22. The highest BCUT2D eigenvalue weighted by Gasteiger charge is 2.05. The Morgan fingerprint density at radius 2 is 2.07 bits per heavy atom. The maximum Gasteiger partial charge on any atom is 0.157 e. The summed E-state index contributed by atoms with van der Waals surface area (Å²) in [5.74, 6) is 2.27. The van der Waals surface area contributed by atoms with E-state index < -0.39 is 0 Å². The lowest BCUT2D eigenvalue weighted by Crippen LogP contribution is -1.86. The van der Waals surface area contributed by atoms with Crippen LogP contribution in [-0.2, 0) is 0 Å². The van der Waals surface area contributed by atoms with Crippen LogP contribution in [0.1, 0.15) is 23.0 Å². The number of hydrogen-bond donors (Lipinski definition) is 1. The van der Waals surface area contributed by atoms with Crippen molar-refractivity contribution in [2.45, 2.75) is 13.8 Å². The van der Waals surface area contributed by atoms with Crippen molar-refractivity contribution in [1.29, 1.82) is 0 Å². The van der Waals surface area contributed by atoms with E-state index in [9.17, 15) is 0 Å². The van der Waals surface area contributed by atoms with E-state index in [-0.39, 0.29) is 0 Å². The molecule has 0 atom stereocenters. The Labute approximate surface area is 87.4 Å². The van der Waals surface area contributed by atoms with Gasteiger partial charge in [-0.1, -0.05) is 5.16 Å². The molecule has 4 heteroatoms. The fourth-order valence-corrected chi connectivity index (χ4v) is 1.22. The number of nitrogen functional groups attached to an aromatic ring is 1. The minimum atomic E-state index is 0.564. The summed E-state index contributed by atoms with van der Waals surface area (Å²) in [4.78, 5) is 0. The van der Waals surface area contributed by atoms with Crippen LogP contribution >= 0.6 is 0 Å². The second kappa shape index (κ2) is 3.65. The number of hydrogen-bond acceptors (Lipinski definition) is 4. The Kier molecular flexibility index (Phi) is 2.33. The van der Waals surface area contributed by atoms with Crippen LogP contribution < -0.4 is 5.73 Å². The second-order valence-electron chi connectivity index (χ2n) is 3.32. The van der Waals surface area contributed by atoms with Crippen LogP contribution in [0.15, 0.2) is 21.1 Å². The van der Waals surface area contributed by atoms with Gasteiger partial charge in [0.15, 0.2) is 5.76 Å². The third-order valence-corrected chi connectivity index (χ3v) is 2.10. The van der Waals surface area contributed by atoms with Gasteiger partial charge in [-0.3, -0.25) is 0 Å². The van der Waals surface area contributed by atoms with Crippen molar-refractivity contribution >= 4 is 17.8 Å². The Morgan fingerprint density at radius 1 is 1.27 bits per heavy atom. The molecule has 2 N–H and O–H groups in total. The Hall–Kier alpha value is -1.97. The first-order valence-corrected chi connectivity index (χ1v) is 4.63. The summed E-state index contributed by atoms with van der Waals surface area (Å²) in [5.41, 5.74) is 6.92. The standard InChI is InChI=1S/C11H12N2O2/c1-7-3-4-9(14-7)5-6-10-11(12)8(2)15-13-10/h3-6H,12H2,1-2H3. The number of nitrogens with two attached hydrogens (primary N) is 1. The zero-order chi connectivity index (χ0) is 10.8. The average Bonchev–Trinajstić information content (AvgIpc) is 2.74. The van der Waals surface area contributed by atoms with Gasteiger partial charge in [0.25, 0.3) is 0 Å². The minimum Gasteiger partial charge on any atom is -0.462 e. The van der Waals surface area contributed by atoms with Crippen LogP contribution in [0.3, 0.4) is 0 Å². The highest BCUT2D eigenvalue weighted by atomic mass is 16.5. The van der Waals surface area contributed by atoms with Gasteiger partial charge >= 0.3 is 0 Å². The quantitative estimate of drug-likeness (QED) is 0.816. The van der Waals surface area contributed by atoms with Gasteiger partial charge in [-0.05, 0) is 38.1 Å². The van der Waals surface area contributed by atoms with Crippen molar-refractivity contribution in [3.8, 4) is 0 Å². The van der Waals surface area contributed by atoms with Crippen LogP contribution in [0.2, 0.25) is 0 Å². The summed E-state index contributed by atoms with van der Waals surface area (Å²) >= 11 is 0. The molecule has 0 fully saturated rings. The van der Waals surface area contributed by atoms with Gasteiger partial charge < -0.3 is 14.7 Å². The monoisotopic (exact) mass is 204 g/mol. The molecule has 0 aliphatic heterocycles. The number of anilines is 1. The lowest BCUT2D eigenvalue weighted by atomic mass is 10.3. The van der Waals surface area contributed by atoms with Crippen LogP contribution in [0, 0.1) is 13.8 Å². The molecule has 0 radical (unpaired) electrons. The van der Waals surface area contributed by atoms with Crippen molar-refractivity contribution in [2.24, 2.45) is 0 Å². The van der Waals surface area contributed by atoms with E-state index >= 15 is 0 Å². The molecule has 0 aliphatic carbocycles. The van der Waals surface area contributed by atoms with Gasteiger partial charge in [0.2, 0.25) is 0 Å². The summed E-state index contributed by atoms with van der Waals surface area (Å²) in [7, 11) is 0. The van der Waals surface area contributed by atoms with Crippen LogP contribution in [0.25, 0.3) is 12.2 Å². The Bertz CT molecular complexity index is 494. The van der Waals surface area contributed by atoms with Crippen LogP contribution in [0.5, 0.6) is 0 Å². The van der Waals surface area contributed by atoms with Gasteiger partial charge in [-0.2, -0.15) is 0 Å². The number of furan rings is 1. The third-order valence-electron chi connectivity index (χ3n) is 2.10. The average molecular weight is 204 g/mol. The summed E-state index contributed by atoms with van der Waals surface area (Å²) in [6, 6.07) is 3.78. The number of nitrogens with zero attached hydrogens (tertiary/aromatic N) is 1. The molecule has 4 nitrogen and oxygen atoms in total. The van der Waals surface area contributed by atoms with Gasteiger partial charge in [0.1, 0.15) is 22.9 Å². The topological polar surface area (TPSA) is 65.2 Å². The molecule has 15 heavy (non-hydrogen) atoms. The summed E-state index contributed by atoms with van der Waals surface area (Å²) in [5, 5.41) is 3.81. The molecule has 0 aliphatic rings. The zero-order valence-electron chi connectivity index (χ0n) is 8.65. The molecule has 0 saturated carbocycles. The van der Waals surface area contributed by atoms with Crippen molar-refractivity contribution in [2.75, 3.05) is 5.73 Å². The highest BCUT2D eigenvalue weighted by molar-refractivity contribution is 5.72. The molecular formula is C11H12N2O2. The molecule has 0 unspecified atom stereocenters. The molecule has 78 valence electrons. The third kappa shape index (κ3) is 1.93. The zero-order valence-corrected chi connectivity index (χ0v) is 8.65. The summed E-state index contributed by atoms with van der Waals surface area (Å²) in [6.45, 7) is 3.67. The van der Waals surface area contributed by atoms with Crippen molar-refractivity contribution < 1.29 is 8.94 Å². The first-order valence-electron chi connectivity index (χ1n) is 4.63. The van der Waals surface area contributed by atoms with Crippen LogP contribution in [0.4, 0.5) is 5.69 Å². The maximum absolute atomic E-state index is 5.73. The summed E-state index contributed by atoms with van der Waals surface area (Å²) < 4.78 is 10.3. The fraction of sp³-hybridized carbons (Fsp3) is 0.182. The van der Waals surface area contributed by atoms with Crippen molar-refractivity contribution in [1.82, 2.24) is 5.16 Å². The van der Waals surface area contributed by atoms with Crippen LogP contribution in [-0.4, -0.2) is 5.16 Å². The van der Waals surface area contributed by atoms with E-state index in [1.54, 1.807) is 19.1 Å². The molecule has 2 aromatic rings. The van der Waals surface area contributed by atoms with Gasteiger partial charge in [-0.25, -0.2) is 0 Å². The number of aryl methyl sites for hydroxylation is 2. The Morgan fingerprint density at radius 3 is 2.60 bits per heavy atom. The van der Waals surface area contributed by atoms with Gasteiger partial charge in [0, 0.05) is 0 Å². The van der Waals surface area contributed by atoms with E-state index in [2.05, 4.69) is 5.16 Å². The lowest BCUT2D eigenvalue weighted by Gasteiger charge is -1.87. The molecule has 2 rings (SSSR count). The molecule has 0 aromatic carbocycles. The van der Waals surface area contributed by atoms with Gasteiger partial charge in [-0.15, -0.1) is 0 Å². The highest BCUT2D eigenvalue weighted by Crippen LogP contribution is 2.18. The smallest absolute Gasteiger partial charge is 0.157 e. The lowest BCUT2D eigenvalue weighted by molar-refractivity contribution is 0.396. The maximum atomic E-state index is 5.73. The second-order valence-corrected chi connectivity index (χ2v) is 3.32. The molecule has 2 heterocycles. The molecule has 0 bridgehead atoms. The first-order chi connectivity index (χ1) is 7.16. The minimum absolute atomic E-state index is 0.564. The number of rotatable bonds is 2. The van der Waals surface area contributed by atoms with Crippen molar-refractivity contribution in [3.63, 3.8) is 0 Å². The largest absolute Gasteiger partial charge is 0.462 e. The molecule has 0 saturated heterocycles. The predicted molar refractivity (Wildman–Crippen MR) is 58.0 cm³/mol. The molecule has 2 aromatic heterocycles. The SMILES string of the molecule is Cc1ccc(C=Cc2noc(C)c2N)o1. The van der Waals surface area contributed by atoms with E-state index in [0.29, 0.717) is 17.1 Å². The summed E-state index contributed by atoms with van der Waals surface area (Å²) in [6.07, 6.45) is 3.57. The molecular weight excluding hydrogens is 192 g/mol. The number of aromatic nitrogens is 1. The first kappa shape index (κ1) is 9.58. The predicted octanol–water partition coefficient (Wildman–Crippen LogP) is 2.64. The van der Waals surface area contributed by atoms with E-state index in [1.807, 2.05) is 19.1 Å². The molecule has 0 spiro atoms. The Balaban J connectivity index is 2.22. The van der Waals surface area contributed by atoms with E-state index in [0.717, 1.165) is 11.5 Å². The van der Waals surface area contributed by atoms with E-state index in [4.69, 9.17) is 14.7 Å². The molecule has 0 amide bonds. The van der Waals surface area contributed by atoms with Gasteiger partial charge in [0.05, 0.1) is 0 Å².